The fourth-order valence-corrected chi connectivity index (χ4v) is 3.43. The van der Waals surface area contributed by atoms with Crippen molar-refractivity contribution < 1.29 is 19.0 Å². The van der Waals surface area contributed by atoms with Crippen molar-refractivity contribution in [3.8, 4) is 0 Å². The number of fused-ring (bicyclic) bond motifs is 1. The number of nitrogens with one attached hydrogen (secondary N) is 3. The highest BCUT2D eigenvalue weighted by Gasteiger charge is 2.16. The Morgan fingerprint density at radius 3 is 2.74 bits per heavy atom. The predicted octanol–water partition coefficient (Wildman–Crippen LogP) is 1.87. The van der Waals surface area contributed by atoms with E-state index in [4.69, 9.17) is 5.11 Å². The highest BCUT2D eigenvalue weighted by molar-refractivity contribution is 7.98. The van der Waals surface area contributed by atoms with Crippen molar-refractivity contribution in [2.24, 2.45) is 0 Å². The summed E-state index contributed by atoms with van der Waals surface area (Å²) in [5.74, 6) is -1.48. The third-order valence-corrected chi connectivity index (χ3v) is 5.10. The van der Waals surface area contributed by atoms with E-state index >= 15 is 0 Å². The van der Waals surface area contributed by atoms with Crippen LogP contribution in [0.15, 0.2) is 28.2 Å². The average molecular weight is 452 g/mol. The minimum Gasteiger partial charge on any atom is -0.396 e. The quantitative estimate of drug-likeness (QED) is 0.177. The SMILES string of the molecule is C[C@H](CO)Nc1nc(SCc2cccc(F)c2F)nc2[nH]c(=O)c(NCCCO)nc12. The van der Waals surface area contributed by atoms with Crippen LogP contribution in [0, 0.1) is 11.6 Å². The second-order valence-electron chi connectivity index (χ2n) is 6.70. The summed E-state index contributed by atoms with van der Waals surface area (Å²) in [6.07, 6.45) is 0.439. The van der Waals surface area contributed by atoms with Crippen molar-refractivity contribution >= 4 is 34.6 Å². The molecule has 9 nitrogen and oxygen atoms in total. The van der Waals surface area contributed by atoms with Crippen LogP contribution in [0.4, 0.5) is 20.4 Å². The number of rotatable bonds is 10. The van der Waals surface area contributed by atoms with E-state index in [1.165, 1.54) is 12.1 Å². The zero-order chi connectivity index (χ0) is 22.4. The smallest absolute Gasteiger partial charge is 0.292 e. The molecular formula is C19H22F2N6O3S. The first-order chi connectivity index (χ1) is 14.9. The number of nitrogens with zero attached hydrogens (tertiary/aromatic N) is 3. The number of aromatic amines is 1. The van der Waals surface area contributed by atoms with Gasteiger partial charge in [-0.1, -0.05) is 23.9 Å². The molecule has 2 heterocycles. The molecule has 0 radical (unpaired) electrons. The first-order valence-corrected chi connectivity index (χ1v) is 10.5. The largest absolute Gasteiger partial charge is 0.396 e. The van der Waals surface area contributed by atoms with E-state index in [-0.39, 0.29) is 58.5 Å². The van der Waals surface area contributed by atoms with Gasteiger partial charge in [0.25, 0.3) is 5.56 Å². The lowest BCUT2D eigenvalue weighted by Gasteiger charge is -2.14. The van der Waals surface area contributed by atoms with Crippen LogP contribution in [0.2, 0.25) is 0 Å². The second kappa shape index (κ2) is 10.5. The number of H-pyrrole nitrogens is 1. The lowest BCUT2D eigenvalue weighted by atomic mass is 10.2. The number of halogens is 2. The minimum absolute atomic E-state index is 0.0328. The fourth-order valence-electron chi connectivity index (χ4n) is 2.61. The molecule has 0 amide bonds. The van der Waals surface area contributed by atoms with E-state index in [0.29, 0.717) is 13.0 Å². The third-order valence-electron chi connectivity index (χ3n) is 4.21. The topological polar surface area (TPSA) is 136 Å². The van der Waals surface area contributed by atoms with Crippen molar-refractivity contribution in [2.45, 2.75) is 30.3 Å². The normalized spacial score (nSPS) is 12.2. The lowest BCUT2D eigenvalue weighted by molar-refractivity contribution is 0.281. The van der Waals surface area contributed by atoms with Gasteiger partial charge in [0.15, 0.2) is 39.6 Å². The summed E-state index contributed by atoms with van der Waals surface area (Å²) in [4.78, 5) is 27.9. The van der Waals surface area contributed by atoms with Crippen molar-refractivity contribution in [3.63, 3.8) is 0 Å². The van der Waals surface area contributed by atoms with E-state index in [2.05, 4.69) is 30.6 Å². The van der Waals surface area contributed by atoms with Crippen molar-refractivity contribution in [3.05, 3.63) is 45.8 Å². The van der Waals surface area contributed by atoms with E-state index in [0.717, 1.165) is 17.8 Å². The monoisotopic (exact) mass is 452 g/mol. The molecule has 0 aliphatic carbocycles. The summed E-state index contributed by atoms with van der Waals surface area (Å²) < 4.78 is 27.4. The summed E-state index contributed by atoms with van der Waals surface area (Å²) in [5, 5.41) is 24.4. The van der Waals surface area contributed by atoms with Gasteiger partial charge in [-0.3, -0.25) is 4.79 Å². The van der Waals surface area contributed by atoms with Gasteiger partial charge in [-0.25, -0.2) is 23.7 Å². The molecule has 1 atom stereocenters. The Morgan fingerprint density at radius 1 is 1.19 bits per heavy atom. The van der Waals surface area contributed by atoms with E-state index in [1.54, 1.807) is 6.92 Å². The molecule has 31 heavy (non-hydrogen) atoms. The molecule has 0 unspecified atom stereocenters. The van der Waals surface area contributed by atoms with Crippen LogP contribution in [-0.4, -0.2) is 55.9 Å². The number of hydrogen-bond acceptors (Lipinski definition) is 9. The number of thioether (sulfide) groups is 1. The first kappa shape index (κ1) is 22.8. The molecule has 0 aliphatic rings. The molecule has 166 valence electrons. The van der Waals surface area contributed by atoms with Crippen LogP contribution in [0.5, 0.6) is 0 Å². The summed E-state index contributed by atoms with van der Waals surface area (Å²) in [6, 6.07) is 3.55. The maximum Gasteiger partial charge on any atom is 0.292 e. The maximum atomic E-state index is 13.9. The number of aliphatic hydroxyl groups excluding tert-OH is 2. The number of anilines is 2. The van der Waals surface area contributed by atoms with Gasteiger partial charge < -0.3 is 25.8 Å². The maximum absolute atomic E-state index is 13.9. The van der Waals surface area contributed by atoms with Gasteiger partial charge in [-0.05, 0) is 19.4 Å². The van der Waals surface area contributed by atoms with Crippen LogP contribution in [0.25, 0.3) is 11.2 Å². The third kappa shape index (κ3) is 5.66. The number of benzene rings is 1. The van der Waals surface area contributed by atoms with Gasteiger partial charge in [-0.2, -0.15) is 0 Å². The Kier molecular flexibility index (Phi) is 7.71. The Hall–Kier alpha value is -2.83. The molecule has 0 spiro atoms. The van der Waals surface area contributed by atoms with Crippen molar-refractivity contribution in [2.75, 3.05) is 30.4 Å². The van der Waals surface area contributed by atoms with Crippen LogP contribution in [0.1, 0.15) is 18.9 Å². The van der Waals surface area contributed by atoms with Crippen molar-refractivity contribution in [1.82, 2.24) is 19.9 Å². The Morgan fingerprint density at radius 2 is 2.00 bits per heavy atom. The predicted molar refractivity (Wildman–Crippen MR) is 114 cm³/mol. The van der Waals surface area contributed by atoms with Gasteiger partial charge in [0.2, 0.25) is 0 Å². The van der Waals surface area contributed by atoms with Crippen LogP contribution >= 0.6 is 11.8 Å². The number of aromatic nitrogens is 4. The van der Waals surface area contributed by atoms with E-state index in [9.17, 15) is 18.7 Å². The number of aliphatic hydroxyl groups is 2. The molecule has 3 rings (SSSR count). The molecule has 0 saturated heterocycles. The molecule has 0 bridgehead atoms. The van der Waals surface area contributed by atoms with Crippen molar-refractivity contribution in [1.29, 1.82) is 0 Å². The standard InChI is InChI=1S/C19H22F2N6O3S/c1-10(8-29)23-15-14-16(25-18(30)17(24-14)22-6-3-7-28)27-19(26-15)31-9-11-4-2-5-12(20)13(11)21/h2,4-5,10,28-29H,3,6-9H2,1H3,(H,22,24)(H2,23,25,26,27,30)/t10-/m1/s1. The molecule has 3 aromatic rings. The lowest BCUT2D eigenvalue weighted by Crippen LogP contribution is -2.22. The molecule has 2 aromatic heterocycles. The molecule has 1 aromatic carbocycles. The summed E-state index contributed by atoms with van der Waals surface area (Å²) in [5.41, 5.74) is 0.0784. The Labute approximate surface area is 180 Å². The molecule has 0 aliphatic heterocycles. The van der Waals surface area contributed by atoms with Gasteiger partial charge in [0, 0.05) is 30.5 Å². The first-order valence-electron chi connectivity index (χ1n) is 9.52. The summed E-state index contributed by atoms with van der Waals surface area (Å²) >= 11 is 1.06. The summed E-state index contributed by atoms with van der Waals surface area (Å²) in [6.45, 7) is 1.87. The summed E-state index contributed by atoms with van der Waals surface area (Å²) in [7, 11) is 0. The van der Waals surface area contributed by atoms with Crippen LogP contribution in [-0.2, 0) is 5.75 Å². The highest BCUT2D eigenvalue weighted by Crippen LogP contribution is 2.26. The van der Waals surface area contributed by atoms with E-state index in [1.807, 2.05) is 0 Å². The minimum atomic E-state index is -0.939. The second-order valence-corrected chi connectivity index (χ2v) is 7.64. The van der Waals surface area contributed by atoms with Gasteiger partial charge in [0.1, 0.15) is 0 Å². The fraction of sp³-hybridized carbons (Fsp3) is 0.368. The van der Waals surface area contributed by atoms with E-state index < -0.39 is 17.2 Å². The van der Waals surface area contributed by atoms with Gasteiger partial charge in [-0.15, -0.1) is 0 Å². The molecule has 0 saturated carbocycles. The molecule has 5 N–H and O–H groups in total. The zero-order valence-electron chi connectivity index (χ0n) is 16.7. The molecule has 0 fully saturated rings. The zero-order valence-corrected chi connectivity index (χ0v) is 17.5. The Bertz CT molecular complexity index is 1110. The van der Waals surface area contributed by atoms with Crippen LogP contribution < -0.4 is 16.2 Å². The molecular weight excluding hydrogens is 430 g/mol. The Balaban J connectivity index is 1.96. The van der Waals surface area contributed by atoms with Crippen LogP contribution in [0.3, 0.4) is 0 Å². The van der Waals surface area contributed by atoms with Gasteiger partial charge >= 0.3 is 0 Å². The van der Waals surface area contributed by atoms with Gasteiger partial charge in [0.05, 0.1) is 6.61 Å². The molecule has 12 heteroatoms. The highest BCUT2D eigenvalue weighted by atomic mass is 32.2. The number of hydrogen-bond donors (Lipinski definition) is 5. The average Bonchev–Trinajstić information content (AvgIpc) is 2.75.